The molecule has 138 valence electrons. The van der Waals surface area contributed by atoms with Crippen molar-refractivity contribution in [1.82, 2.24) is 0 Å². The number of anilines is 1. The number of benzene rings is 2. The molecule has 2 rings (SSSR count). The normalized spacial score (nSPS) is 9.73. The topological polar surface area (TPSA) is 129 Å². The van der Waals surface area contributed by atoms with E-state index < -0.39 is 0 Å². The SMILES string of the molecule is CC(=O)Nc1cc(C(=N)N)ccc1/C=C/c1ccc(C(=N)N)cc1.Cl.Cl. The molecule has 26 heavy (non-hydrogen) atoms. The average Bonchev–Trinajstić information content (AvgIpc) is 2.53. The predicted octanol–water partition coefficient (Wildman–Crippen LogP) is 3.23. The highest BCUT2D eigenvalue weighted by Gasteiger charge is 2.05. The van der Waals surface area contributed by atoms with E-state index in [9.17, 15) is 4.79 Å². The smallest absolute Gasteiger partial charge is 0.221 e. The van der Waals surface area contributed by atoms with Gasteiger partial charge in [0.15, 0.2) is 0 Å². The Morgan fingerprint density at radius 1 is 0.923 bits per heavy atom. The first-order chi connectivity index (χ1) is 11.4. The van der Waals surface area contributed by atoms with Gasteiger partial charge >= 0.3 is 0 Å². The van der Waals surface area contributed by atoms with Gasteiger partial charge in [-0.2, -0.15) is 0 Å². The summed E-state index contributed by atoms with van der Waals surface area (Å²) in [5, 5.41) is 17.6. The highest BCUT2D eigenvalue weighted by molar-refractivity contribution is 5.99. The Morgan fingerprint density at radius 2 is 1.46 bits per heavy atom. The molecule has 8 heteroatoms. The second-order valence-corrected chi connectivity index (χ2v) is 5.27. The van der Waals surface area contributed by atoms with Crippen molar-refractivity contribution < 1.29 is 4.79 Å². The van der Waals surface area contributed by atoms with E-state index in [2.05, 4.69) is 5.32 Å². The van der Waals surface area contributed by atoms with Crippen molar-refractivity contribution >= 4 is 60.2 Å². The van der Waals surface area contributed by atoms with Crippen LogP contribution in [0.2, 0.25) is 0 Å². The molecule has 0 radical (unpaired) electrons. The van der Waals surface area contributed by atoms with E-state index in [1.165, 1.54) is 6.92 Å². The molecule has 0 bridgehead atoms. The summed E-state index contributed by atoms with van der Waals surface area (Å²) in [5.74, 6) is -0.230. The lowest BCUT2D eigenvalue weighted by Crippen LogP contribution is -2.13. The Kier molecular flexibility index (Phi) is 9.11. The van der Waals surface area contributed by atoms with Crippen molar-refractivity contribution in [1.29, 1.82) is 10.8 Å². The van der Waals surface area contributed by atoms with Crippen LogP contribution >= 0.6 is 24.8 Å². The number of carbonyl (C=O) groups excluding carboxylic acids is 1. The molecule has 2 aromatic carbocycles. The predicted molar refractivity (Wildman–Crippen MR) is 113 cm³/mol. The number of hydrogen-bond donors (Lipinski definition) is 5. The standard InChI is InChI=1S/C18H19N5O.2ClH/c1-11(24)23-16-10-15(18(21)22)9-8-13(16)5-2-12-3-6-14(7-4-12)17(19)20;;/h2-10H,1H3,(H3,19,20)(H3,21,22)(H,23,24);2*1H/b5-2+;;. The van der Waals surface area contributed by atoms with Gasteiger partial charge in [0.25, 0.3) is 0 Å². The number of halogens is 2. The van der Waals surface area contributed by atoms with Crippen LogP contribution in [0.15, 0.2) is 42.5 Å². The molecule has 0 heterocycles. The van der Waals surface area contributed by atoms with E-state index in [-0.39, 0.29) is 42.4 Å². The Morgan fingerprint density at radius 3 is 1.96 bits per heavy atom. The van der Waals surface area contributed by atoms with E-state index in [1.807, 2.05) is 24.3 Å². The largest absolute Gasteiger partial charge is 0.384 e. The van der Waals surface area contributed by atoms with Crippen LogP contribution < -0.4 is 16.8 Å². The molecule has 2 aromatic rings. The van der Waals surface area contributed by atoms with Gasteiger partial charge in [0.2, 0.25) is 5.91 Å². The molecule has 0 atom stereocenters. The molecule has 7 N–H and O–H groups in total. The lowest BCUT2D eigenvalue weighted by atomic mass is 10.1. The van der Waals surface area contributed by atoms with Gasteiger partial charge in [0.1, 0.15) is 11.7 Å². The first-order valence-corrected chi connectivity index (χ1v) is 7.25. The van der Waals surface area contributed by atoms with E-state index in [0.29, 0.717) is 16.8 Å². The van der Waals surface area contributed by atoms with Gasteiger partial charge in [0.05, 0.1) is 0 Å². The summed E-state index contributed by atoms with van der Waals surface area (Å²) in [4.78, 5) is 11.4. The van der Waals surface area contributed by atoms with Gasteiger partial charge < -0.3 is 16.8 Å². The number of nitrogens with two attached hydrogens (primary N) is 2. The molecule has 0 saturated carbocycles. The van der Waals surface area contributed by atoms with Crippen LogP contribution in [0.5, 0.6) is 0 Å². The van der Waals surface area contributed by atoms with Gasteiger partial charge in [-0.15, -0.1) is 24.8 Å². The summed E-state index contributed by atoms with van der Waals surface area (Å²) in [6.07, 6.45) is 3.75. The van der Waals surface area contributed by atoms with Gasteiger partial charge in [-0.25, -0.2) is 0 Å². The maximum absolute atomic E-state index is 11.4. The minimum atomic E-state index is -0.198. The molecule has 0 spiro atoms. The minimum Gasteiger partial charge on any atom is -0.384 e. The van der Waals surface area contributed by atoms with Crippen molar-refractivity contribution in [3.05, 3.63) is 64.7 Å². The summed E-state index contributed by atoms with van der Waals surface area (Å²) >= 11 is 0. The molecule has 0 fully saturated rings. The van der Waals surface area contributed by atoms with Crippen LogP contribution in [0.1, 0.15) is 29.2 Å². The number of nitrogen functional groups attached to an aromatic ring is 2. The van der Waals surface area contributed by atoms with Crippen LogP contribution in [0.25, 0.3) is 12.2 Å². The summed E-state index contributed by atoms with van der Waals surface area (Å²) in [5.41, 5.74) is 14.5. The second kappa shape index (κ2) is 10.2. The zero-order chi connectivity index (χ0) is 17.7. The van der Waals surface area contributed by atoms with Gasteiger partial charge in [0, 0.05) is 23.7 Å². The number of amides is 1. The third-order valence-electron chi connectivity index (χ3n) is 3.35. The van der Waals surface area contributed by atoms with E-state index in [4.69, 9.17) is 22.3 Å². The zero-order valence-corrected chi connectivity index (χ0v) is 15.7. The number of rotatable bonds is 5. The van der Waals surface area contributed by atoms with E-state index >= 15 is 0 Å². The molecule has 0 unspecified atom stereocenters. The maximum atomic E-state index is 11.4. The number of nitrogens with one attached hydrogen (secondary N) is 3. The number of hydrogen-bond acceptors (Lipinski definition) is 3. The molecule has 1 amide bonds. The van der Waals surface area contributed by atoms with E-state index in [1.54, 1.807) is 30.3 Å². The zero-order valence-electron chi connectivity index (χ0n) is 14.1. The van der Waals surface area contributed by atoms with Crippen LogP contribution in [-0.2, 0) is 4.79 Å². The summed E-state index contributed by atoms with van der Waals surface area (Å²) < 4.78 is 0. The van der Waals surface area contributed by atoms with Crippen LogP contribution in [0, 0.1) is 10.8 Å². The van der Waals surface area contributed by atoms with Crippen molar-refractivity contribution in [2.45, 2.75) is 6.92 Å². The number of amidine groups is 2. The van der Waals surface area contributed by atoms with E-state index in [0.717, 1.165) is 11.1 Å². The highest BCUT2D eigenvalue weighted by Crippen LogP contribution is 2.21. The Balaban J connectivity index is 0.00000312. The average molecular weight is 394 g/mol. The maximum Gasteiger partial charge on any atom is 0.221 e. The highest BCUT2D eigenvalue weighted by atomic mass is 35.5. The van der Waals surface area contributed by atoms with Crippen LogP contribution in [0.3, 0.4) is 0 Å². The Labute approximate surface area is 164 Å². The van der Waals surface area contributed by atoms with Gasteiger partial charge in [-0.05, 0) is 17.2 Å². The molecule has 0 aliphatic carbocycles. The van der Waals surface area contributed by atoms with Crippen molar-refractivity contribution in [2.24, 2.45) is 11.5 Å². The lowest BCUT2D eigenvalue weighted by Gasteiger charge is -2.09. The molecule has 6 nitrogen and oxygen atoms in total. The summed E-state index contributed by atoms with van der Waals surface area (Å²) in [6, 6.07) is 12.5. The number of carbonyl (C=O) groups is 1. The molecule has 0 aliphatic rings. The first kappa shape index (κ1) is 23.2. The fourth-order valence-electron chi connectivity index (χ4n) is 2.13. The minimum absolute atomic E-state index is 0. The third-order valence-corrected chi connectivity index (χ3v) is 3.35. The lowest BCUT2D eigenvalue weighted by molar-refractivity contribution is -0.114. The quantitative estimate of drug-likeness (QED) is 0.303. The first-order valence-electron chi connectivity index (χ1n) is 7.25. The third kappa shape index (κ3) is 6.23. The van der Waals surface area contributed by atoms with Gasteiger partial charge in [-0.3, -0.25) is 15.6 Å². The van der Waals surface area contributed by atoms with Crippen LogP contribution in [-0.4, -0.2) is 17.6 Å². The van der Waals surface area contributed by atoms with Crippen LogP contribution in [0.4, 0.5) is 5.69 Å². The van der Waals surface area contributed by atoms with Crippen molar-refractivity contribution in [3.63, 3.8) is 0 Å². The Bertz CT molecular complexity index is 832. The summed E-state index contributed by atoms with van der Waals surface area (Å²) in [7, 11) is 0. The van der Waals surface area contributed by atoms with Crippen molar-refractivity contribution in [3.8, 4) is 0 Å². The summed E-state index contributed by atoms with van der Waals surface area (Å²) in [6.45, 7) is 1.43. The molecule has 0 aromatic heterocycles. The Hall–Kier alpha value is -2.83. The monoisotopic (exact) mass is 393 g/mol. The molecular formula is C18H21Cl2N5O. The fourth-order valence-corrected chi connectivity index (χ4v) is 2.13. The van der Waals surface area contributed by atoms with Gasteiger partial charge in [-0.1, -0.05) is 48.6 Å². The molecular weight excluding hydrogens is 373 g/mol. The fraction of sp³-hybridized carbons (Fsp3) is 0.0556. The molecule has 0 aliphatic heterocycles. The molecule has 0 saturated heterocycles. The van der Waals surface area contributed by atoms with Crippen molar-refractivity contribution in [2.75, 3.05) is 5.32 Å². The second-order valence-electron chi connectivity index (χ2n) is 5.27.